The van der Waals surface area contributed by atoms with Gasteiger partial charge >= 0.3 is 0 Å². The summed E-state index contributed by atoms with van der Waals surface area (Å²) >= 11 is 0. The van der Waals surface area contributed by atoms with Crippen molar-refractivity contribution in [1.82, 2.24) is 4.98 Å². The molecule has 2 aromatic carbocycles. The van der Waals surface area contributed by atoms with Crippen molar-refractivity contribution < 1.29 is 0 Å². The number of hydrogen-bond acceptors (Lipinski definition) is 3. The molecule has 0 fully saturated rings. The molecule has 0 saturated carbocycles. The number of pyridine rings is 1. The van der Waals surface area contributed by atoms with E-state index in [1.54, 1.807) is 0 Å². The monoisotopic (exact) mass is 325 g/mol. The first kappa shape index (κ1) is 14.4. The lowest BCUT2D eigenvalue weighted by atomic mass is 9.77. The fourth-order valence-corrected chi connectivity index (χ4v) is 4.14. The van der Waals surface area contributed by atoms with Crippen LogP contribution in [0.2, 0.25) is 0 Å². The van der Waals surface area contributed by atoms with E-state index in [-0.39, 0.29) is 6.04 Å². The summed E-state index contributed by atoms with van der Waals surface area (Å²) in [4.78, 5) is 4.36. The first-order valence-corrected chi connectivity index (χ1v) is 8.83. The lowest BCUT2D eigenvalue weighted by molar-refractivity contribution is 0.509. The molecule has 5 rings (SSSR count). The van der Waals surface area contributed by atoms with Gasteiger partial charge < -0.3 is 0 Å². The normalized spacial score (nSPS) is 21.4. The highest BCUT2D eigenvalue weighted by molar-refractivity contribution is 6.07. The third kappa shape index (κ3) is 2.35. The molecule has 1 aromatic heterocycles. The molecule has 0 bridgehead atoms. The Labute approximate surface area is 147 Å². The van der Waals surface area contributed by atoms with Crippen LogP contribution in [-0.4, -0.2) is 10.7 Å². The first-order chi connectivity index (χ1) is 12.4. The minimum absolute atomic E-state index is 0.208. The highest BCUT2D eigenvalue weighted by Crippen LogP contribution is 2.44. The topological polar surface area (TPSA) is 28.5 Å². The molecule has 0 radical (unpaired) electrons. The maximum absolute atomic E-state index is 5.10. The van der Waals surface area contributed by atoms with Gasteiger partial charge in [0.1, 0.15) is 0 Å². The summed E-state index contributed by atoms with van der Waals surface area (Å²) in [6.45, 7) is 0. The summed E-state index contributed by atoms with van der Waals surface area (Å²) in [7, 11) is 0. The molecule has 3 nitrogen and oxygen atoms in total. The Morgan fingerprint density at radius 3 is 2.56 bits per heavy atom. The molecule has 2 aliphatic rings. The van der Waals surface area contributed by atoms with Crippen LogP contribution in [-0.2, 0) is 6.42 Å². The van der Waals surface area contributed by atoms with E-state index in [9.17, 15) is 0 Å². The van der Waals surface area contributed by atoms with Crippen LogP contribution in [0.25, 0.3) is 0 Å². The summed E-state index contributed by atoms with van der Waals surface area (Å²) in [5.41, 5.74) is 6.31. The van der Waals surface area contributed by atoms with Crippen LogP contribution < -0.4 is 5.01 Å². The molecule has 3 heteroatoms. The van der Waals surface area contributed by atoms with Crippen LogP contribution in [0.4, 0.5) is 5.69 Å². The maximum Gasteiger partial charge on any atom is 0.0874 e. The van der Waals surface area contributed by atoms with Gasteiger partial charge in [0, 0.05) is 23.9 Å². The van der Waals surface area contributed by atoms with Crippen LogP contribution in [0.1, 0.15) is 29.2 Å². The molecule has 0 spiro atoms. The van der Waals surface area contributed by atoms with Crippen molar-refractivity contribution in [2.75, 3.05) is 5.01 Å². The minimum Gasteiger partial charge on any atom is -0.264 e. The summed E-state index contributed by atoms with van der Waals surface area (Å²) in [5, 5.41) is 7.30. The highest BCUT2D eigenvalue weighted by atomic mass is 15.5. The minimum atomic E-state index is 0.208. The summed E-state index contributed by atoms with van der Waals surface area (Å²) < 4.78 is 0. The average Bonchev–Trinajstić information content (AvgIpc) is 3.09. The van der Waals surface area contributed by atoms with Crippen molar-refractivity contribution in [3.05, 3.63) is 95.8 Å². The number of benzene rings is 2. The van der Waals surface area contributed by atoms with Gasteiger partial charge in [-0.2, -0.15) is 5.10 Å². The molecule has 0 saturated heterocycles. The Morgan fingerprint density at radius 1 is 0.880 bits per heavy atom. The number of rotatable bonds is 2. The molecule has 2 atom stereocenters. The van der Waals surface area contributed by atoms with Crippen molar-refractivity contribution in [2.24, 2.45) is 11.0 Å². The Hall–Kier alpha value is -2.94. The zero-order valence-electron chi connectivity index (χ0n) is 13.9. The van der Waals surface area contributed by atoms with Crippen LogP contribution in [0.3, 0.4) is 0 Å². The van der Waals surface area contributed by atoms with E-state index in [1.165, 1.54) is 22.4 Å². The SMILES string of the molecule is c1ccc(N2N=C3c4ccccc4CCC3C2c2cccnc2)cc1. The maximum atomic E-state index is 5.10. The number of aromatic nitrogens is 1. The Balaban J connectivity index is 1.66. The van der Waals surface area contributed by atoms with E-state index in [1.807, 2.05) is 24.5 Å². The van der Waals surface area contributed by atoms with Crippen molar-refractivity contribution in [1.29, 1.82) is 0 Å². The van der Waals surface area contributed by atoms with Crippen LogP contribution in [0.5, 0.6) is 0 Å². The molecular weight excluding hydrogens is 306 g/mol. The van der Waals surface area contributed by atoms with Gasteiger partial charge in [-0.15, -0.1) is 0 Å². The molecule has 122 valence electrons. The number of anilines is 1. The molecular formula is C22H19N3. The zero-order valence-corrected chi connectivity index (χ0v) is 13.9. The summed E-state index contributed by atoms with van der Waals surface area (Å²) in [6.07, 6.45) is 6.06. The smallest absolute Gasteiger partial charge is 0.0874 e. The van der Waals surface area contributed by atoms with Crippen molar-refractivity contribution in [3.8, 4) is 0 Å². The van der Waals surface area contributed by atoms with E-state index < -0.39 is 0 Å². The fraction of sp³-hybridized carbons (Fsp3) is 0.182. The van der Waals surface area contributed by atoms with Crippen LogP contribution >= 0.6 is 0 Å². The molecule has 3 aromatic rings. The zero-order chi connectivity index (χ0) is 16.6. The van der Waals surface area contributed by atoms with Gasteiger partial charge in [-0.25, -0.2) is 0 Å². The van der Waals surface area contributed by atoms with Crippen LogP contribution in [0.15, 0.2) is 84.2 Å². The van der Waals surface area contributed by atoms with Gasteiger partial charge in [0.15, 0.2) is 0 Å². The van der Waals surface area contributed by atoms with Gasteiger partial charge in [0.2, 0.25) is 0 Å². The summed E-state index contributed by atoms with van der Waals surface area (Å²) in [6, 6.07) is 23.6. The Bertz CT molecular complexity index is 918. The molecule has 2 heterocycles. The number of fused-ring (bicyclic) bond motifs is 3. The van der Waals surface area contributed by atoms with E-state index in [2.05, 4.69) is 64.6 Å². The van der Waals surface area contributed by atoms with E-state index >= 15 is 0 Å². The highest BCUT2D eigenvalue weighted by Gasteiger charge is 2.41. The average molecular weight is 325 g/mol. The Morgan fingerprint density at radius 2 is 1.72 bits per heavy atom. The molecule has 1 aliphatic heterocycles. The molecule has 0 N–H and O–H groups in total. The number of nitrogens with zero attached hydrogens (tertiary/aromatic N) is 3. The first-order valence-electron chi connectivity index (χ1n) is 8.83. The molecule has 0 amide bonds. The van der Waals surface area contributed by atoms with Gasteiger partial charge in [-0.05, 0) is 42.2 Å². The lowest BCUT2D eigenvalue weighted by Gasteiger charge is -2.30. The second-order valence-corrected chi connectivity index (χ2v) is 6.70. The van der Waals surface area contributed by atoms with Crippen molar-refractivity contribution >= 4 is 11.4 Å². The molecule has 25 heavy (non-hydrogen) atoms. The number of hydrogen-bond donors (Lipinski definition) is 0. The number of aryl methyl sites for hydroxylation is 1. The van der Waals surface area contributed by atoms with Crippen molar-refractivity contribution in [3.63, 3.8) is 0 Å². The van der Waals surface area contributed by atoms with Gasteiger partial charge in [0.25, 0.3) is 0 Å². The van der Waals surface area contributed by atoms with Gasteiger partial charge in [-0.3, -0.25) is 9.99 Å². The number of hydrazone groups is 1. The van der Waals surface area contributed by atoms with Crippen LogP contribution in [0, 0.1) is 5.92 Å². The predicted octanol–water partition coefficient (Wildman–Crippen LogP) is 4.61. The van der Waals surface area contributed by atoms with Gasteiger partial charge in [0.05, 0.1) is 17.4 Å². The second kappa shape index (κ2) is 5.85. The van der Waals surface area contributed by atoms with E-state index in [0.717, 1.165) is 18.5 Å². The van der Waals surface area contributed by atoms with Gasteiger partial charge in [-0.1, -0.05) is 48.5 Å². The standard InChI is InChI=1S/C22H19N3/c1-2-9-18(10-3-1)25-22(17-8-6-14-23-15-17)20-13-12-16-7-4-5-11-19(16)21(20)24-25/h1-11,14-15,20,22H,12-13H2. The quantitative estimate of drug-likeness (QED) is 0.688. The predicted molar refractivity (Wildman–Crippen MR) is 101 cm³/mol. The van der Waals surface area contributed by atoms with E-state index in [0.29, 0.717) is 5.92 Å². The lowest BCUT2D eigenvalue weighted by Crippen LogP contribution is -2.28. The summed E-state index contributed by atoms with van der Waals surface area (Å²) in [5.74, 6) is 0.402. The second-order valence-electron chi connectivity index (χ2n) is 6.70. The third-order valence-electron chi connectivity index (χ3n) is 5.28. The molecule has 1 aliphatic carbocycles. The number of para-hydroxylation sites is 1. The van der Waals surface area contributed by atoms with Crippen molar-refractivity contribution in [2.45, 2.75) is 18.9 Å². The largest absolute Gasteiger partial charge is 0.264 e. The molecule has 2 unspecified atom stereocenters. The Kier molecular flexibility index (Phi) is 3.37. The fourth-order valence-electron chi connectivity index (χ4n) is 4.14. The van der Waals surface area contributed by atoms with E-state index in [4.69, 9.17) is 5.10 Å². The third-order valence-corrected chi connectivity index (χ3v) is 5.28.